The predicted octanol–water partition coefficient (Wildman–Crippen LogP) is 4.41. The lowest BCUT2D eigenvalue weighted by molar-refractivity contribution is 0.217. The largest absolute Gasteiger partial charge is 0.295 e. The minimum atomic E-state index is -0.0969. The molecule has 0 aromatic carbocycles. The molecular formula is C14H23Cl2N. The summed E-state index contributed by atoms with van der Waals surface area (Å²) >= 11 is 12.5. The molecule has 0 amide bonds. The molecule has 0 saturated carbocycles. The van der Waals surface area contributed by atoms with Gasteiger partial charge in [0.05, 0.1) is 5.38 Å². The normalized spacial score (nSPS) is 24.5. The average molecular weight is 276 g/mol. The van der Waals surface area contributed by atoms with Crippen molar-refractivity contribution in [2.45, 2.75) is 45.0 Å². The van der Waals surface area contributed by atoms with Crippen molar-refractivity contribution in [3.05, 3.63) is 23.3 Å². The Bertz CT molecular complexity index is 284. The standard InChI is InChI=1S/C14H23Cl2N/c1-4-9-17(10-8-11(2)3)13-7-5-6-12(15)14(13)16/h5-7,11,13-14H,4,8-10H2,1-3H3/t13-,14?/m0/s1. The SMILES string of the molecule is CCCN(CCC(C)C)[C@H]1C=CC=C(Cl)C1Cl. The molecule has 0 heterocycles. The summed E-state index contributed by atoms with van der Waals surface area (Å²) in [6.45, 7) is 8.89. The summed E-state index contributed by atoms with van der Waals surface area (Å²) in [6, 6.07) is 0.243. The van der Waals surface area contributed by atoms with Crippen LogP contribution in [0.2, 0.25) is 0 Å². The van der Waals surface area contributed by atoms with Gasteiger partial charge in [0.1, 0.15) is 0 Å². The second kappa shape index (κ2) is 7.45. The summed E-state index contributed by atoms with van der Waals surface area (Å²) < 4.78 is 0. The number of halogens is 2. The molecule has 0 saturated heterocycles. The highest BCUT2D eigenvalue weighted by Crippen LogP contribution is 2.27. The molecule has 1 unspecified atom stereocenters. The molecule has 98 valence electrons. The van der Waals surface area contributed by atoms with Gasteiger partial charge < -0.3 is 0 Å². The molecule has 1 nitrogen and oxygen atoms in total. The summed E-state index contributed by atoms with van der Waals surface area (Å²) in [4.78, 5) is 2.45. The van der Waals surface area contributed by atoms with Gasteiger partial charge in [0.2, 0.25) is 0 Å². The van der Waals surface area contributed by atoms with E-state index in [0.717, 1.165) is 30.5 Å². The van der Waals surface area contributed by atoms with Crippen LogP contribution in [0.15, 0.2) is 23.3 Å². The van der Waals surface area contributed by atoms with Gasteiger partial charge in [-0.15, -0.1) is 11.6 Å². The zero-order valence-electron chi connectivity index (χ0n) is 11.0. The van der Waals surface area contributed by atoms with Crippen LogP contribution in [0, 0.1) is 5.92 Å². The summed E-state index contributed by atoms with van der Waals surface area (Å²) in [6.07, 6.45) is 8.43. The van der Waals surface area contributed by atoms with Crippen LogP contribution in [0.1, 0.15) is 33.6 Å². The number of alkyl halides is 1. The van der Waals surface area contributed by atoms with Gasteiger partial charge in [0.15, 0.2) is 0 Å². The van der Waals surface area contributed by atoms with Crippen molar-refractivity contribution in [3.63, 3.8) is 0 Å². The van der Waals surface area contributed by atoms with Crippen molar-refractivity contribution < 1.29 is 0 Å². The Kier molecular flexibility index (Phi) is 6.61. The second-order valence-corrected chi connectivity index (χ2v) is 5.95. The molecule has 17 heavy (non-hydrogen) atoms. The first-order valence-corrected chi connectivity index (χ1v) is 7.29. The molecule has 1 rings (SSSR count). The lowest BCUT2D eigenvalue weighted by Gasteiger charge is -2.34. The van der Waals surface area contributed by atoms with E-state index in [1.54, 1.807) is 0 Å². The number of rotatable bonds is 6. The van der Waals surface area contributed by atoms with Crippen molar-refractivity contribution in [1.29, 1.82) is 0 Å². The van der Waals surface area contributed by atoms with Crippen molar-refractivity contribution in [2.75, 3.05) is 13.1 Å². The van der Waals surface area contributed by atoms with Gasteiger partial charge in [-0.2, -0.15) is 0 Å². The van der Waals surface area contributed by atoms with Gasteiger partial charge in [-0.05, 0) is 37.9 Å². The van der Waals surface area contributed by atoms with Crippen LogP contribution >= 0.6 is 23.2 Å². The first-order valence-electron chi connectivity index (χ1n) is 6.48. The van der Waals surface area contributed by atoms with Gasteiger partial charge in [0, 0.05) is 11.1 Å². The number of hydrogen-bond acceptors (Lipinski definition) is 1. The van der Waals surface area contributed by atoms with E-state index in [9.17, 15) is 0 Å². The van der Waals surface area contributed by atoms with E-state index in [2.05, 4.69) is 31.7 Å². The maximum atomic E-state index is 6.39. The molecule has 0 aromatic heterocycles. The number of allylic oxidation sites excluding steroid dienone is 2. The molecule has 3 heteroatoms. The Labute approximate surface area is 115 Å². The van der Waals surface area contributed by atoms with Gasteiger partial charge in [-0.3, -0.25) is 4.90 Å². The van der Waals surface area contributed by atoms with E-state index in [4.69, 9.17) is 23.2 Å². The fraction of sp³-hybridized carbons (Fsp3) is 0.714. The third-order valence-corrected chi connectivity index (χ3v) is 4.02. The molecule has 0 aliphatic heterocycles. The minimum Gasteiger partial charge on any atom is -0.295 e. The molecule has 0 fully saturated rings. The van der Waals surface area contributed by atoms with Gasteiger partial charge in [0.25, 0.3) is 0 Å². The zero-order chi connectivity index (χ0) is 12.8. The molecule has 0 N–H and O–H groups in total. The van der Waals surface area contributed by atoms with E-state index in [1.807, 2.05) is 12.2 Å². The van der Waals surface area contributed by atoms with Gasteiger partial charge in [-0.1, -0.05) is 44.5 Å². The monoisotopic (exact) mass is 275 g/mol. The first kappa shape index (κ1) is 15.1. The summed E-state index contributed by atoms with van der Waals surface area (Å²) in [5.74, 6) is 0.724. The lowest BCUT2D eigenvalue weighted by Crippen LogP contribution is -2.42. The van der Waals surface area contributed by atoms with Crippen molar-refractivity contribution in [3.8, 4) is 0 Å². The van der Waals surface area contributed by atoms with E-state index >= 15 is 0 Å². The van der Waals surface area contributed by atoms with Crippen molar-refractivity contribution in [2.24, 2.45) is 5.92 Å². The zero-order valence-corrected chi connectivity index (χ0v) is 12.5. The van der Waals surface area contributed by atoms with Gasteiger partial charge >= 0.3 is 0 Å². The molecule has 1 aliphatic carbocycles. The van der Waals surface area contributed by atoms with Crippen molar-refractivity contribution >= 4 is 23.2 Å². The third-order valence-electron chi connectivity index (χ3n) is 3.05. The highest BCUT2D eigenvalue weighted by Gasteiger charge is 2.27. The fourth-order valence-corrected chi connectivity index (χ4v) is 2.56. The molecule has 0 spiro atoms. The summed E-state index contributed by atoms with van der Waals surface area (Å²) in [5.41, 5.74) is 0. The Morgan fingerprint density at radius 3 is 2.65 bits per heavy atom. The third kappa shape index (κ3) is 4.65. The molecular weight excluding hydrogens is 253 g/mol. The maximum absolute atomic E-state index is 6.39. The van der Waals surface area contributed by atoms with Crippen LogP contribution in [-0.4, -0.2) is 29.4 Å². The second-order valence-electron chi connectivity index (χ2n) is 5.05. The Morgan fingerprint density at radius 1 is 1.35 bits per heavy atom. The number of nitrogens with zero attached hydrogens (tertiary/aromatic N) is 1. The van der Waals surface area contributed by atoms with E-state index in [1.165, 1.54) is 6.42 Å². The minimum absolute atomic E-state index is 0.0969. The Balaban J connectivity index is 2.63. The van der Waals surface area contributed by atoms with Crippen LogP contribution < -0.4 is 0 Å². The quantitative estimate of drug-likeness (QED) is 0.649. The average Bonchev–Trinajstić information content (AvgIpc) is 2.28. The Hall–Kier alpha value is 0.0200. The Morgan fingerprint density at radius 2 is 2.06 bits per heavy atom. The van der Waals surface area contributed by atoms with E-state index in [0.29, 0.717) is 0 Å². The summed E-state index contributed by atoms with van der Waals surface area (Å²) in [5, 5.41) is 0.658. The van der Waals surface area contributed by atoms with E-state index < -0.39 is 0 Å². The molecule has 0 bridgehead atoms. The fourth-order valence-electron chi connectivity index (χ4n) is 2.04. The van der Waals surface area contributed by atoms with Crippen LogP contribution in [0.3, 0.4) is 0 Å². The van der Waals surface area contributed by atoms with Crippen LogP contribution in [-0.2, 0) is 0 Å². The molecule has 2 atom stereocenters. The maximum Gasteiger partial charge on any atom is 0.0882 e. The van der Waals surface area contributed by atoms with Crippen molar-refractivity contribution in [1.82, 2.24) is 4.90 Å². The number of hydrogen-bond donors (Lipinski definition) is 0. The topological polar surface area (TPSA) is 3.24 Å². The van der Waals surface area contributed by atoms with Gasteiger partial charge in [-0.25, -0.2) is 0 Å². The van der Waals surface area contributed by atoms with Crippen LogP contribution in [0.4, 0.5) is 0 Å². The molecule has 1 aliphatic rings. The van der Waals surface area contributed by atoms with E-state index in [-0.39, 0.29) is 11.4 Å². The molecule has 0 aromatic rings. The summed E-state index contributed by atoms with van der Waals surface area (Å²) in [7, 11) is 0. The lowest BCUT2D eigenvalue weighted by atomic mass is 10.0. The first-order chi connectivity index (χ1) is 8.06. The van der Waals surface area contributed by atoms with Crippen LogP contribution in [0.5, 0.6) is 0 Å². The molecule has 0 radical (unpaired) electrons. The van der Waals surface area contributed by atoms with Crippen LogP contribution in [0.25, 0.3) is 0 Å². The highest BCUT2D eigenvalue weighted by atomic mass is 35.5. The smallest absolute Gasteiger partial charge is 0.0882 e. The highest BCUT2D eigenvalue weighted by molar-refractivity contribution is 6.38. The predicted molar refractivity (Wildman–Crippen MR) is 77.8 cm³/mol.